The Hall–Kier alpha value is -0.0800. The molecule has 22 heavy (non-hydrogen) atoms. The number of ether oxygens (including phenoxy) is 1. The molecule has 0 saturated heterocycles. The standard InChI is InChI=1S/C16H35N3O2.HI/c1-4-9-15(10-12-20)14-19-16(17-5-2)18-11-7-8-13-21-6-3;/h15,20H,4-14H2,1-3H3,(H2,17,18,19);1H. The number of halogens is 1. The molecule has 1 unspecified atom stereocenters. The summed E-state index contributed by atoms with van der Waals surface area (Å²) >= 11 is 0. The Kier molecular flexibility index (Phi) is 20.8. The summed E-state index contributed by atoms with van der Waals surface area (Å²) in [6, 6.07) is 0. The molecular weight excluding hydrogens is 393 g/mol. The summed E-state index contributed by atoms with van der Waals surface area (Å²) < 4.78 is 5.32. The molecule has 6 heteroatoms. The predicted octanol–water partition coefficient (Wildman–Crippen LogP) is 2.77. The number of aliphatic hydroxyl groups is 1. The molecule has 0 aromatic carbocycles. The number of aliphatic imine (C=N–C) groups is 1. The maximum atomic E-state index is 9.08. The van der Waals surface area contributed by atoms with E-state index in [9.17, 15) is 0 Å². The minimum absolute atomic E-state index is 0. The number of unbranched alkanes of at least 4 members (excludes halogenated alkanes) is 1. The third-order valence-corrected chi connectivity index (χ3v) is 3.30. The van der Waals surface area contributed by atoms with Gasteiger partial charge in [0.15, 0.2) is 5.96 Å². The van der Waals surface area contributed by atoms with E-state index in [4.69, 9.17) is 9.84 Å². The van der Waals surface area contributed by atoms with Gasteiger partial charge in [0.1, 0.15) is 0 Å². The minimum Gasteiger partial charge on any atom is -0.396 e. The largest absolute Gasteiger partial charge is 0.396 e. The molecule has 0 radical (unpaired) electrons. The molecule has 0 spiro atoms. The molecule has 0 bridgehead atoms. The quantitative estimate of drug-likeness (QED) is 0.182. The van der Waals surface area contributed by atoms with Crippen LogP contribution in [0.2, 0.25) is 0 Å². The van der Waals surface area contributed by atoms with Crippen LogP contribution < -0.4 is 10.6 Å². The fourth-order valence-corrected chi connectivity index (χ4v) is 2.16. The van der Waals surface area contributed by atoms with Gasteiger partial charge in [-0.3, -0.25) is 4.99 Å². The summed E-state index contributed by atoms with van der Waals surface area (Å²) in [4.78, 5) is 4.64. The van der Waals surface area contributed by atoms with Gasteiger partial charge in [-0.2, -0.15) is 0 Å². The molecule has 0 saturated carbocycles. The van der Waals surface area contributed by atoms with Gasteiger partial charge in [0, 0.05) is 39.5 Å². The van der Waals surface area contributed by atoms with Crippen LogP contribution >= 0.6 is 24.0 Å². The van der Waals surface area contributed by atoms with E-state index in [1.54, 1.807) is 0 Å². The van der Waals surface area contributed by atoms with Crippen LogP contribution in [0.4, 0.5) is 0 Å². The maximum absolute atomic E-state index is 9.08. The van der Waals surface area contributed by atoms with Gasteiger partial charge in [0.05, 0.1) is 0 Å². The van der Waals surface area contributed by atoms with Gasteiger partial charge >= 0.3 is 0 Å². The Morgan fingerprint density at radius 1 is 1.14 bits per heavy atom. The van der Waals surface area contributed by atoms with Crippen LogP contribution in [0.3, 0.4) is 0 Å². The van der Waals surface area contributed by atoms with E-state index >= 15 is 0 Å². The van der Waals surface area contributed by atoms with Crippen molar-refractivity contribution < 1.29 is 9.84 Å². The van der Waals surface area contributed by atoms with Crippen molar-refractivity contribution in [2.75, 3.05) is 39.5 Å². The smallest absolute Gasteiger partial charge is 0.191 e. The molecule has 0 aliphatic carbocycles. The van der Waals surface area contributed by atoms with Crippen LogP contribution in [-0.4, -0.2) is 50.5 Å². The van der Waals surface area contributed by atoms with Crippen molar-refractivity contribution in [1.82, 2.24) is 10.6 Å². The molecular formula is C16H36IN3O2. The van der Waals surface area contributed by atoms with Crippen molar-refractivity contribution >= 4 is 29.9 Å². The third-order valence-electron chi connectivity index (χ3n) is 3.30. The summed E-state index contributed by atoms with van der Waals surface area (Å²) in [5.41, 5.74) is 0. The van der Waals surface area contributed by atoms with E-state index in [-0.39, 0.29) is 30.6 Å². The van der Waals surface area contributed by atoms with Crippen molar-refractivity contribution in [2.24, 2.45) is 10.9 Å². The van der Waals surface area contributed by atoms with Gasteiger partial charge < -0.3 is 20.5 Å². The first kappa shape index (κ1) is 24.2. The van der Waals surface area contributed by atoms with Gasteiger partial charge in [0.25, 0.3) is 0 Å². The van der Waals surface area contributed by atoms with Crippen LogP contribution in [0.15, 0.2) is 4.99 Å². The fourth-order valence-electron chi connectivity index (χ4n) is 2.16. The van der Waals surface area contributed by atoms with Crippen molar-refractivity contribution in [1.29, 1.82) is 0 Å². The van der Waals surface area contributed by atoms with Crippen molar-refractivity contribution in [3.05, 3.63) is 0 Å². The van der Waals surface area contributed by atoms with E-state index < -0.39 is 0 Å². The monoisotopic (exact) mass is 429 g/mol. The first-order valence-corrected chi connectivity index (χ1v) is 8.49. The number of rotatable bonds is 13. The Morgan fingerprint density at radius 3 is 2.50 bits per heavy atom. The van der Waals surface area contributed by atoms with E-state index in [1.807, 2.05) is 6.92 Å². The molecule has 3 N–H and O–H groups in total. The minimum atomic E-state index is 0. The normalized spacial score (nSPS) is 12.6. The number of nitrogens with one attached hydrogen (secondary N) is 2. The molecule has 0 aliphatic rings. The van der Waals surface area contributed by atoms with Crippen molar-refractivity contribution in [3.8, 4) is 0 Å². The number of aliphatic hydroxyl groups excluding tert-OH is 1. The zero-order chi connectivity index (χ0) is 15.8. The Balaban J connectivity index is 0. The SMILES string of the molecule is CCCC(CCO)CN=C(NCC)NCCCCOCC.I. The first-order valence-electron chi connectivity index (χ1n) is 8.49. The van der Waals surface area contributed by atoms with Gasteiger partial charge in [-0.05, 0) is 45.4 Å². The zero-order valence-electron chi connectivity index (χ0n) is 14.6. The van der Waals surface area contributed by atoms with Gasteiger partial charge in [0.2, 0.25) is 0 Å². The van der Waals surface area contributed by atoms with Gasteiger partial charge in [-0.25, -0.2) is 0 Å². The molecule has 0 fully saturated rings. The van der Waals surface area contributed by atoms with Crippen molar-refractivity contribution in [2.45, 2.75) is 52.9 Å². The Morgan fingerprint density at radius 2 is 1.91 bits per heavy atom. The molecule has 0 heterocycles. The lowest BCUT2D eigenvalue weighted by atomic mass is 10.0. The second-order valence-corrected chi connectivity index (χ2v) is 5.22. The van der Waals surface area contributed by atoms with E-state index in [1.165, 1.54) is 0 Å². The first-order chi connectivity index (χ1) is 10.3. The summed E-state index contributed by atoms with van der Waals surface area (Å²) in [6.07, 6.45) is 5.26. The molecule has 134 valence electrons. The summed E-state index contributed by atoms with van der Waals surface area (Å²) in [5.74, 6) is 1.36. The average molecular weight is 429 g/mol. The highest BCUT2D eigenvalue weighted by Gasteiger charge is 2.07. The number of hydrogen-bond donors (Lipinski definition) is 3. The molecule has 0 amide bonds. The van der Waals surface area contributed by atoms with Crippen LogP contribution in [-0.2, 0) is 4.74 Å². The summed E-state index contributed by atoms with van der Waals surface area (Å²) in [6.45, 7) is 10.7. The van der Waals surface area contributed by atoms with E-state index in [2.05, 4.69) is 29.5 Å². The lowest BCUT2D eigenvalue weighted by Crippen LogP contribution is -2.38. The van der Waals surface area contributed by atoms with Gasteiger partial charge in [-0.15, -0.1) is 24.0 Å². The molecule has 0 rings (SSSR count). The second-order valence-electron chi connectivity index (χ2n) is 5.22. The maximum Gasteiger partial charge on any atom is 0.191 e. The van der Waals surface area contributed by atoms with Crippen LogP contribution in [0.25, 0.3) is 0 Å². The third kappa shape index (κ3) is 14.8. The molecule has 1 atom stereocenters. The molecule has 5 nitrogen and oxygen atoms in total. The molecule has 0 aromatic heterocycles. The number of guanidine groups is 1. The van der Waals surface area contributed by atoms with Crippen LogP contribution in [0, 0.1) is 5.92 Å². The van der Waals surface area contributed by atoms with Gasteiger partial charge in [-0.1, -0.05) is 13.3 Å². The number of hydrogen-bond acceptors (Lipinski definition) is 3. The fraction of sp³-hybridized carbons (Fsp3) is 0.938. The van der Waals surface area contributed by atoms with Crippen LogP contribution in [0.1, 0.15) is 52.9 Å². The molecule has 0 aromatic rings. The highest BCUT2D eigenvalue weighted by atomic mass is 127. The van der Waals surface area contributed by atoms with Crippen molar-refractivity contribution in [3.63, 3.8) is 0 Å². The Bertz CT molecular complexity index is 248. The predicted molar refractivity (Wildman–Crippen MR) is 105 cm³/mol. The topological polar surface area (TPSA) is 65.9 Å². The summed E-state index contributed by atoms with van der Waals surface area (Å²) in [7, 11) is 0. The molecule has 0 aliphatic heterocycles. The Labute approximate surface area is 153 Å². The van der Waals surface area contributed by atoms with E-state index in [0.717, 1.165) is 70.9 Å². The lowest BCUT2D eigenvalue weighted by Gasteiger charge is -2.15. The average Bonchev–Trinajstić information content (AvgIpc) is 2.48. The number of nitrogens with zero attached hydrogens (tertiary/aromatic N) is 1. The highest BCUT2D eigenvalue weighted by Crippen LogP contribution is 2.10. The lowest BCUT2D eigenvalue weighted by molar-refractivity contribution is 0.143. The van der Waals surface area contributed by atoms with E-state index in [0.29, 0.717) is 5.92 Å². The second kappa shape index (κ2) is 19.0. The summed E-state index contributed by atoms with van der Waals surface area (Å²) in [5, 5.41) is 15.7. The van der Waals surface area contributed by atoms with Crippen LogP contribution in [0.5, 0.6) is 0 Å². The zero-order valence-corrected chi connectivity index (χ0v) is 16.9. The highest BCUT2D eigenvalue weighted by molar-refractivity contribution is 14.0.